The number of carbonyl (C=O) groups excluding carboxylic acids is 1. The SMILES string of the molecule is Cc1ccc(-c2noc(CSCCCC(=O)Nc3c(C)cccc3C)n2)cc1F. The third-order valence-corrected chi connectivity index (χ3v) is 5.59. The van der Waals surface area contributed by atoms with Gasteiger partial charge in [0.1, 0.15) is 5.82 Å². The summed E-state index contributed by atoms with van der Waals surface area (Å²) in [5, 5.41) is 6.91. The van der Waals surface area contributed by atoms with E-state index in [1.165, 1.54) is 6.07 Å². The summed E-state index contributed by atoms with van der Waals surface area (Å²) >= 11 is 1.62. The predicted octanol–water partition coefficient (Wildman–Crippen LogP) is 5.45. The summed E-state index contributed by atoms with van der Waals surface area (Å²) in [6, 6.07) is 10.8. The molecule has 0 aliphatic rings. The number of halogens is 1. The molecular formula is C22H24FN3O2S. The Hall–Kier alpha value is -2.67. The Morgan fingerprint density at radius 2 is 1.90 bits per heavy atom. The fourth-order valence-corrected chi connectivity index (χ4v) is 3.66. The molecule has 0 saturated heterocycles. The maximum atomic E-state index is 13.7. The summed E-state index contributed by atoms with van der Waals surface area (Å²) in [5.74, 6) is 1.96. The Morgan fingerprint density at radius 1 is 1.14 bits per heavy atom. The van der Waals surface area contributed by atoms with Crippen LogP contribution in [-0.2, 0) is 10.5 Å². The second-order valence-corrected chi connectivity index (χ2v) is 8.05. The van der Waals surface area contributed by atoms with Crippen molar-refractivity contribution < 1.29 is 13.7 Å². The molecule has 1 aromatic heterocycles. The first-order chi connectivity index (χ1) is 13.9. The van der Waals surface area contributed by atoms with Crippen molar-refractivity contribution in [1.82, 2.24) is 10.1 Å². The van der Waals surface area contributed by atoms with Crippen LogP contribution in [0.3, 0.4) is 0 Å². The van der Waals surface area contributed by atoms with E-state index in [2.05, 4.69) is 15.5 Å². The highest BCUT2D eigenvalue weighted by atomic mass is 32.2. The smallest absolute Gasteiger partial charge is 0.236 e. The van der Waals surface area contributed by atoms with Crippen molar-refractivity contribution in [3.8, 4) is 11.4 Å². The number of aromatic nitrogens is 2. The molecule has 2 aromatic carbocycles. The lowest BCUT2D eigenvalue weighted by Gasteiger charge is -2.11. The zero-order chi connectivity index (χ0) is 20.8. The average molecular weight is 414 g/mol. The molecule has 5 nitrogen and oxygen atoms in total. The predicted molar refractivity (Wildman–Crippen MR) is 114 cm³/mol. The van der Waals surface area contributed by atoms with E-state index < -0.39 is 0 Å². The van der Waals surface area contributed by atoms with Gasteiger partial charge in [0.2, 0.25) is 17.6 Å². The summed E-state index contributed by atoms with van der Waals surface area (Å²) in [6.45, 7) is 5.68. The minimum absolute atomic E-state index is 0.0180. The van der Waals surface area contributed by atoms with Crippen LogP contribution in [0.5, 0.6) is 0 Å². The first-order valence-corrected chi connectivity index (χ1v) is 10.6. The van der Waals surface area contributed by atoms with E-state index in [0.29, 0.717) is 35.0 Å². The van der Waals surface area contributed by atoms with Crippen molar-refractivity contribution in [3.05, 3.63) is 64.8 Å². The van der Waals surface area contributed by atoms with E-state index in [1.54, 1.807) is 30.8 Å². The van der Waals surface area contributed by atoms with Gasteiger partial charge in [-0.05, 0) is 55.7 Å². The molecule has 152 valence electrons. The molecule has 0 fully saturated rings. The van der Waals surface area contributed by atoms with Crippen LogP contribution in [0.15, 0.2) is 40.9 Å². The molecule has 1 N–H and O–H groups in total. The Morgan fingerprint density at radius 3 is 2.62 bits per heavy atom. The number of anilines is 1. The van der Waals surface area contributed by atoms with Crippen molar-refractivity contribution >= 4 is 23.4 Å². The second-order valence-electron chi connectivity index (χ2n) is 6.95. The lowest BCUT2D eigenvalue weighted by molar-refractivity contribution is -0.116. The van der Waals surface area contributed by atoms with Crippen LogP contribution in [0, 0.1) is 26.6 Å². The molecule has 0 saturated carbocycles. The van der Waals surface area contributed by atoms with Crippen LogP contribution in [0.1, 0.15) is 35.4 Å². The summed E-state index contributed by atoms with van der Waals surface area (Å²) < 4.78 is 18.9. The van der Waals surface area contributed by atoms with E-state index in [4.69, 9.17) is 4.52 Å². The van der Waals surface area contributed by atoms with Gasteiger partial charge in [-0.3, -0.25) is 4.79 Å². The standard InChI is InChI=1S/C22H24FN3O2S/c1-14-9-10-17(12-18(14)23)22-25-20(28-26-22)13-29-11-5-8-19(27)24-21-15(2)6-4-7-16(21)3/h4,6-7,9-10,12H,5,8,11,13H2,1-3H3,(H,24,27). The maximum absolute atomic E-state index is 13.7. The van der Waals surface area contributed by atoms with Gasteiger partial charge in [-0.15, -0.1) is 0 Å². The summed E-state index contributed by atoms with van der Waals surface area (Å²) in [4.78, 5) is 16.5. The number of para-hydroxylation sites is 1. The summed E-state index contributed by atoms with van der Waals surface area (Å²) in [6.07, 6.45) is 1.21. The Labute approximate surface area is 174 Å². The molecule has 1 heterocycles. The molecule has 0 radical (unpaired) electrons. The molecule has 0 aliphatic heterocycles. The van der Waals surface area contributed by atoms with E-state index in [1.807, 2.05) is 32.0 Å². The van der Waals surface area contributed by atoms with Gasteiger partial charge in [0.25, 0.3) is 0 Å². The van der Waals surface area contributed by atoms with Crippen molar-refractivity contribution in [1.29, 1.82) is 0 Å². The van der Waals surface area contributed by atoms with Crippen LogP contribution >= 0.6 is 11.8 Å². The minimum Gasteiger partial charge on any atom is -0.338 e. The molecule has 29 heavy (non-hydrogen) atoms. The van der Waals surface area contributed by atoms with Gasteiger partial charge in [-0.2, -0.15) is 16.7 Å². The van der Waals surface area contributed by atoms with E-state index in [0.717, 1.165) is 29.0 Å². The van der Waals surface area contributed by atoms with Crippen molar-refractivity contribution in [2.24, 2.45) is 0 Å². The van der Waals surface area contributed by atoms with Gasteiger partial charge in [0, 0.05) is 17.7 Å². The van der Waals surface area contributed by atoms with E-state index in [9.17, 15) is 9.18 Å². The monoisotopic (exact) mass is 413 g/mol. The molecule has 3 aromatic rings. The second kappa shape index (κ2) is 9.69. The quantitative estimate of drug-likeness (QED) is 0.497. The third kappa shape index (κ3) is 5.67. The number of hydrogen-bond donors (Lipinski definition) is 1. The van der Waals surface area contributed by atoms with Crippen molar-refractivity contribution in [2.75, 3.05) is 11.1 Å². The molecule has 0 unspecified atom stereocenters. The molecule has 0 bridgehead atoms. The van der Waals surface area contributed by atoms with Crippen LogP contribution in [0.4, 0.5) is 10.1 Å². The maximum Gasteiger partial charge on any atom is 0.236 e. The number of carbonyl (C=O) groups is 1. The highest BCUT2D eigenvalue weighted by molar-refractivity contribution is 7.98. The number of amides is 1. The first-order valence-electron chi connectivity index (χ1n) is 9.47. The highest BCUT2D eigenvalue weighted by Crippen LogP contribution is 2.22. The molecule has 0 aliphatic carbocycles. The number of nitrogens with one attached hydrogen (secondary N) is 1. The van der Waals surface area contributed by atoms with Gasteiger partial charge in [0.05, 0.1) is 5.75 Å². The number of aryl methyl sites for hydroxylation is 3. The van der Waals surface area contributed by atoms with Crippen LogP contribution in [0.25, 0.3) is 11.4 Å². The average Bonchev–Trinajstić information content (AvgIpc) is 3.16. The third-order valence-electron chi connectivity index (χ3n) is 4.56. The van der Waals surface area contributed by atoms with Gasteiger partial charge < -0.3 is 9.84 Å². The molecule has 1 amide bonds. The van der Waals surface area contributed by atoms with Gasteiger partial charge in [-0.1, -0.05) is 35.5 Å². The zero-order valence-electron chi connectivity index (χ0n) is 16.8. The first kappa shape index (κ1) is 21.0. The van der Waals surface area contributed by atoms with Gasteiger partial charge in [0.15, 0.2) is 0 Å². The Balaban J connectivity index is 1.41. The highest BCUT2D eigenvalue weighted by Gasteiger charge is 2.11. The number of hydrogen-bond acceptors (Lipinski definition) is 5. The van der Waals surface area contributed by atoms with Crippen molar-refractivity contribution in [2.45, 2.75) is 39.4 Å². The minimum atomic E-state index is -0.289. The Kier molecular flexibility index (Phi) is 7.04. The van der Waals surface area contributed by atoms with Crippen LogP contribution < -0.4 is 5.32 Å². The summed E-state index contributed by atoms with van der Waals surface area (Å²) in [7, 11) is 0. The number of nitrogens with zero attached hydrogens (tertiary/aromatic N) is 2. The fraction of sp³-hybridized carbons (Fsp3) is 0.318. The number of rotatable bonds is 8. The Bertz CT molecular complexity index is 983. The lowest BCUT2D eigenvalue weighted by Crippen LogP contribution is -2.13. The van der Waals surface area contributed by atoms with E-state index >= 15 is 0 Å². The molecule has 0 spiro atoms. The van der Waals surface area contributed by atoms with Crippen LogP contribution in [0.2, 0.25) is 0 Å². The topological polar surface area (TPSA) is 68.0 Å². The zero-order valence-corrected chi connectivity index (χ0v) is 17.6. The van der Waals surface area contributed by atoms with Gasteiger partial charge >= 0.3 is 0 Å². The fourth-order valence-electron chi connectivity index (χ4n) is 2.87. The van der Waals surface area contributed by atoms with Gasteiger partial charge in [-0.25, -0.2) is 4.39 Å². The molecule has 3 rings (SSSR count). The largest absolute Gasteiger partial charge is 0.338 e. The molecule has 0 atom stereocenters. The normalized spacial score (nSPS) is 10.9. The molecule has 7 heteroatoms. The van der Waals surface area contributed by atoms with Crippen molar-refractivity contribution in [3.63, 3.8) is 0 Å². The summed E-state index contributed by atoms with van der Waals surface area (Å²) in [5.41, 5.74) is 4.20. The number of thioether (sulfide) groups is 1. The van der Waals surface area contributed by atoms with Crippen LogP contribution in [-0.4, -0.2) is 21.8 Å². The molecular weight excluding hydrogens is 389 g/mol. The lowest BCUT2D eigenvalue weighted by atomic mass is 10.1. The number of benzene rings is 2. The van der Waals surface area contributed by atoms with E-state index in [-0.39, 0.29) is 11.7 Å².